The smallest absolute Gasteiger partial charge is 0.417 e. The van der Waals surface area contributed by atoms with Crippen LogP contribution >= 0.6 is 22.6 Å². The Balaban J connectivity index is 3.55. The summed E-state index contributed by atoms with van der Waals surface area (Å²) >= 11 is 1.38. The van der Waals surface area contributed by atoms with E-state index in [-0.39, 0.29) is 3.70 Å². The van der Waals surface area contributed by atoms with Crippen molar-refractivity contribution in [2.75, 3.05) is 0 Å². The quantitative estimate of drug-likeness (QED) is 0.497. The highest BCUT2D eigenvalue weighted by molar-refractivity contribution is 14.1. The lowest BCUT2D eigenvalue weighted by molar-refractivity contribution is -0.141. The number of hydrogen-bond acceptors (Lipinski definition) is 2. The van der Waals surface area contributed by atoms with Gasteiger partial charge in [-0.2, -0.15) is 13.2 Å². The molecule has 1 aromatic heterocycles. The van der Waals surface area contributed by atoms with Crippen LogP contribution in [0, 0.1) is 3.70 Å². The molecule has 0 unspecified atom stereocenters. The fourth-order valence-electron chi connectivity index (χ4n) is 1.36. The molecule has 0 bridgehead atoms. The second kappa shape index (κ2) is 5.33. The maximum absolute atomic E-state index is 12.7. The van der Waals surface area contributed by atoms with Crippen molar-refractivity contribution >= 4 is 28.6 Å². The van der Waals surface area contributed by atoms with Crippen LogP contribution < -0.4 is 0 Å². The minimum atomic E-state index is -5.06. The van der Waals surface area contributed by atoms with Crippen molar-refractivity contribution in [2.45, 2.75) is 19.0 Å². The summed E-state index contributed by atoms with van der Waals surface area (Å²) in [6.07, 6.45) is -9.03. The molecule has 100 valence electrons. The zero-order valence-electron chi connectivity index (χ0n) is 8.43. The molecule has 3 nitrogen and oxygen atoms in total. The molecule has 1 heterocycles. The summed E-state index contributed by atoms with van der Waals surface area (Å²) < 4.78 is 63.0. The zero-order chi connectivity index (χ0) is 14.1. The van der Waals surface area contributed by atoms with E-state index >= 15 is 0 Å². The Bertz CT molecular complexity index is 475. The molecule has 0 saturated carbocycles. The van der Waals surface area contributed by atoms with Gasteiger partial charge in [0.05, 0.1) is 12.0 Å². The Hall–Kier alpha value is -1.00. The summed E-state index contributed by atoms with van der Waals surface area (Å²) in [5, 5.41) is 8.53. The van der Waals surface area contributed by atoms with Gasteiger partial charge in [0.2, 0.25) is 0 Å². The van der Waals surface area contributed by atoms with Gasteiger partial charge in [-0.1, -0.05) is 0 Å². The summed E-state index contributed by atoms with van der Waals surface area (Å²) in [5.74, 6) is -1.55. The SMILES string of the molecule is O=C(O)Cc1c(I)ncc(C(F)F)c1C(F)(F)F. The molecule has 0 fully saturated rings. The lowest BCUT2D eigenvalue weighted by Crippen LogP contribution is -2.18. The van der Waals surface area contributed by atoms with E-state index in [2.05, 4.69) is 4.98 Å². The van der Waals surface area contributed by atoms with Gasteiger partial charge in [0.25, 0.3) is 6.43 Å². The molecule has 0 saturated heterocycles. The van der Waals surface area contributed by atoms with Gasteiger partial charge < -0.3 is 5.11 Å². The molecule has 1 aromatic rings. The van der Waals surface area contributed by atoms with Gasteiger partial charge in [0.15, 0.2) is 0 Å². The number of pyridine rings is 1. The maximum Gasteiger partial charge on any atom is 0.417 e. The van der Waals surface area contributed by atoms with Crippen LogP contribution in [0.2, 0.25) is 0 Å². The Morgan fingerprint density at radius 1 is 1.44 bits per heavy atom. The van der Waals surface area contributed by atoms with Gasteiger partial charge in [-0.3, -0.25) is 4.79 Å². The number of hydrogen-bond donors (Lipinski definition) is 1. The minimum absolute atomic E-state index is 0.258. The normalized spacial score (nSPS) is 11.9. The number of nitrogens with zero attached hydrogens (tertiary/aromatic N) is 1. The first-order valence-corrected chi connectivity index (χ1v) is 5.47. The predicted molar refractivity (Wildman–Crippen MR) is 58.3 cm³/mol. The molecule has 0 aromatic carbocycles. The van der Waals surface area contributed by atoms with Crippen LogP contribution in [0.15, 0.2) is 6.20 Å². The number of carboxylic acids is 1. The number of carbonyl (C=O) groups is 1. The standard InChI is InChI=1S/C9H5F5INO2/c10-7(11)4-2-16-8(15)3(1-5(17)18)6(4)9(12,13)14/h2,7H,1H2,(H,17,18). The molecule has 9 heteroatoms. The topological polar surface area (TPSA) is 50.2 Å². The Kier molecular flexibility index (Phi) is 4.46. The van der Waals surface area contributed by atoms with E-state index in [1.807, 2.05) is 0 Å². The first kappa shape index (κ1) is 15.1. The second-order valence-electron chi connectivity index (χ2n) is 3.23. The molecule has 0 aliphatic rings. The molecule has 0 amide bonds. The molecule has 0 aliphatic carbocycles. The highest BCUT2D eigenvalue weighted by atomic mass is 127. The minimum Gasteiger partial charge on any atom is -0.481 e. The van der Waals surface area contributed by atoms with Crippen LogP contribution in [0.5, 0.6) is 0 Å². The molecule has 1 N–H and O–H groups in total. The summed E-state index contributed by atoms with van der Waals surface area (Å²) in [7, 11) is 0. The molecular formula is C9H5F5INO2. The number of aromatic nitrogens is 1. The average Bonchev–Trinajstić information content (AvgIpc) is 2.17. The third-order valence-corrected chi connectivity index (χ3v) is 2.93. The Labute approximate surface area is 111 Å². The van der Waals surface area contributed by atoms with E-state index in [0.717, 1.165) is 0 Å². The van der Waals surface area contributed by atoms with E-state index in [4.69, 9.17) is 5.11 Å². The molecule has 18 heavy (non-hydrogen) atoms. The fourth-order valence-corrected chi connectivity index (χ4v) is 1.96. The average molecular weight is 381 g/mol. The number of aliphatic carboxylic acids is 1. The molecule has 0 radical (unpaired) electrons. The Morgan fingerprint density at radius 2 is 2.00 bits per heavy atom. The number of carboxylic acid groups (broad SMARTS) is 1. The van der Waals surface area contributed by atoms with Crippen molar-refractivity contribution in [2.24, 2.45) is 0 Å². The zero-order valence-corrected chi connectivity index (χ0v) is 10.6. The van der Waals surface area contributed by atoms with Gasteiger partial charge in [0, 0.05) is 17.3 Å². The first-order chi connectivity index (χ1) is 8.14. The van der Waals surface area contributed by atoms with Crippen molar-refractivity contribution < 1.29 is 31.9 Å². The second-order valence-corrected chi connectivity index (χ2v) is 4.25. The van der Waals surface area contributed by atoms with E-state index < -0.39 is 41.7 Å². The predicted octanol–water partition coefficient (Wildman–Crippen LogP) is 3.27. The van der Waals surface area contributed by atoms with Crippen LogP contribution in [-0.2, 0) is 17.4 Å². The molecular weight excluding hydrogens is 376 g/mol. The van der Waals surface area contributed by atoms with Crippen molar-refractivity contribution in [3.8, 4) is 0 Å². The third-order valence-electron chi connectivity index (χ3n) is 2.00. The first-order valence-electron chi connectivity index (χ1n) is 4.39. The van der Waals surface area contributed by atoms with E-state index in [0.29, 0.717) is 6.20 Å². The van der Waals surface area contributed by atoms with Gasteiger partial charge in [-0.25, -0.2) is 13.8 Å². The fraction of sp³-hybridized carbons (Fsp3) is 0.333. The van der Waals surface area contributed by atoms with Gasteiger partial charge in [-0.05, 0) is 22.6 Å². The summed E-state index contributed by atoms with van der Waals surface area (Å²) in [4.78, 5) is 13.9. The van der Waals surface area contributed by atoms with Gasteiger partial charge in [-0.15, -0.1) is 0 Å². The summed E-state index contributed by atoms with van der Waals surface area (Å²) in [5.41, 5.74) is -3.66. The van der Waals surface area contributed by atoms with E-state index in [9.17, 15) is 26.7 Å². The van der Waals surface area contributed by atoms with Crippen LogP contribution in [0.3, 0.4) is 0 Å². The van der Waals surface area contributed by atoms with Crippen molar-refractivity contribution in [1.29, 1.82) is 0 Å². The van der Waals surface area contributed by atoms with Gasteiger partial charge in [0.1, 0.15) is 3.70 Å². The number of halogens is 6. The molecule has 0 spiro atoms. The van der Waals surface area contributed by atoms with E-state index in [1.54, 1.807) is 0 Å². The summed E-state index contributed by atoms with van der Waals surface area (Å²) in [6, 6.07) is 0. The van der Waals surface area contributed by atoms with Crippen LogP contribution in [0.25, 0.3) is 0 Å². The highest BCUT2D eigenvalue weighted by Crippen LogP contribution is 2.39. The lowest BCUT2D eigenvalue weighted by Gasteiger charge is -2.16. The van der Waals surface area contributed by atoms with Crippen molar-refractivity contribution in [3.63, 3.8) is 0 Å². The van der Waals surface area contributed by atoms with E-state index in [1.165, 1.54) is 22.6 Å². The van der Waals surface area contributed by atoms with Gasteiger partial charge >= 0.3 is 12.1 Å². The van der Waals surface area contributed by atoms with Crippen LogP contribution in [-0.4, -0.2) is 16.1 Å². The number of alkyl halides is 5. The van der Waals surface area contributed by atoms with Crippen molar-refractivity contribution in [3.05, 3.63) is 26.6 Å². The monoisotopic (exact) mass is 381 g/mol. The lowest BCUT2D eigenvalue weighted by atomic mass is 10.0. The number of rotatable bonds is 3. The highest BCUT2D eigenvalue weighted by Gasteiger charge is 2.40. The molecule has 0 atom stereocenters. The summed E-state index contributed by atoms with van der Waals surface area (Å²) in [6.45, 7) is 0. The molecule has 0 aliphatic heterocycles. The maximum atomic E-state index is 12.7. The largest absolute Gasteiger partial charge is 0.481 e. The Morgan fingerprint density at radius 3 is 2.39 bits per heavy atom. The van der Waals surface area contributed by atoms with Crippen molar-refractivity contribution in [1.82, 2.24) is 4.98 Å². The van der Waals surface area contributed by atoms with Crippen LogP contribution in [0.1, 0.15) is 23.1 Å². The third kappa shape index (κ3) is 3.27. The van der Waals surface area contributed by atoms with Crippen LogP contribution in [0.4, 0.5) is 22.0 Å². The molecule has 1 rings (SSSR count).